The molecule has 2 aliphatic rings. The quantitative estimate of drug-likeness (QED) is 0.759. The van der Waals surface area contributed by atoms with E-state index in [1.54, 1.807) is 6.20 Å². The van der Waals surface area contributed by atoms with Crippen molar-refractivity contribution in [2.75, 3.05) is 18.0 Å². The zero-order valence-electron chi connectivity index (χ0n) is 10.7. The smallest absolute Gasteiger partial charge is 0.146 e. The van der Waals surface area contributed by atoms with Gasteiger partial charge in [-0.3, -0.25) is 0 Å². The summed E-state index contributed by atoms with van der Waals surface area (Å²) in [5.74, 6) is 2.63. The van der Waals surface area contributed by atoms with E-state index in [-0.39, 0.29) is 0 Å². The van der Waals surface area contributed by atoms with Crippen molar-refractivity contribution in [3.05, 3.63) is 23.9 Å². The Kier molecular flexibility index (Phi) is 3.19. The van der Waals surface area contributed by atoms with E-state index in [0.29, 0.717) is 5.56 Å². The van der Waals surface area contributed by atoms with E-state index in [1.807, 2.05) is 12.1 Å². The first kappa shape index (κ1) is 11.5. The number of rotatable bonds is 1. The number of pyridine rings is 1. The van der Waals surface area contributed by atoms with Crippen LogP contribution in [0.2, 0.25) is 0 Å². The molecule has 1 aliphatic heterocycles. The molecule has 2 unspecified atom stereocenters. The van der Waals surface area contributed by atoms with E-state index in [1.165, 1.54) is 32.1 Å². The molecule has 0 aromatic carbocycles. The lowest BCUT2D eigenvalue weighted by Crippen LogP contribution is -2.42. The first-order valence-corrected chi connectivity index (χ1v) is 6.98. The largest absolute Gasteiger partial charge is 0.355 e. The summed E-state index contributed by atoms with van der Waals surface area (Å²) in [6, 6.07) is 5.97. The summed E-state index contributed by atoms with van der Waals surface area (Å²) in [7, 11) is 0. The van der Waals surface area contributed by atoms with Crippen LogP contribution in [-0.2, 0) is 0 Å². The molecule has 1 saturated carbocycles. The Bertz CT molecular complexity index is 463. The summed E-state index contributed by atoms with van der Waals surface area (Å²) in [5, 5.41) is 9.16. The van der Waals surface area contributed by atoms with Crippen LogP contribution in [0.4, 0.5) is 5.82 Å². The highest BCUT2D eigenvalue weighted by molar-refractivity contribution is 5.53. The van der Waals surface area contributed by atoms with Gasteiger partial charge in [-0.25, -0.2) is 4.98 Å². The molecule has 3 rings (SSSR count). The second kappa shape index (κ2) is 4.97. The van der Waals surface area contributed by atoms with Gasteiger partial charge < -0.3 is 4.90 Å². The monoisotopic (exact) mass is 241 g/mol. The lowest BCUT2D eigenvalue weighted by molar-refractivity contribution is 0.202. The number of hydrogen-bond donors (Lipinski definition) is 0. The molecule has 94 valence electrons. The van der Waals surface area contributed by atoms with Crippen molar-refractivity contribution in [1.82, 2.24) is 4.98 Å². The second-order valence-corrected chi connectivity index (χ2v) is 5.53. The van der Waals surface area contributed by atoms with Crippen LogP contribution in [0.15, 0.2) is 18.3 Å². The number of piperidine rings is 1. The molecule has 0 bridgehead atoms. The average molecular weight is 241 g/mol. The van der Waals surface area contributed by atoms with Gasteiger partial charge in [-0.1, -0.05) is 19.3 Å². The van der Waals surface area contributed by atoms with Gasteiger partial charge in [0.2, 0.25) is 0 Å². The topological polar surface area (TPSA) is 39.9 Å². The molecule has 0 radical (unpaired) electrons. The Hall–Kier alpha value is -1.56. The zero-order valence-corrected chi connectivity index (χ0v) is 10.7. The summed E-state index contributed by atoms with van der Waals surface area (Å²) in [6.45, 7) is 2.16. The van der Waals surface area contributed by atoms with E-state index < -0.39 is 0 Å². The molecule has 1 aliphatic carbocycles. The van der Waals surface area contributed by atoms with Crippen LogP contribution in [0.5, 0.6) is 0 Å². The van der Waals surface area contributed by atoms with Gasteiger partial charge in [0.1, 0.15) is 11.9 Å². The van der Waals surface area contributed by atoms with Crippen molar-refractivity contribution in [2.24, 2.45) is 11.8 Å². The van der Waals surface area contributed by atoms with Gasteiger partial charge in [-0.15, -0.1) is 0 Å². The third kappa shape index (κ3) is 2.08. The minimum atomic E-state index is 0.715. The number of fused-ring (bicyclic) bond motifs is 1. The van der Waals surface area contributed by atoms with E-state index in [0.717, 1.165) is 30.7 Å². The standard InChI is InChI=1S/C15H19N3/c16-10-13-6-3-8-17-15(13)18-9-7-12-4-1-2-5-14(12)11-18/h3,6,8,12,14H,1-2,4-5,7,9,11H2. The van der Waals surface area contributed by atoms with Gasteiger partial charge in [0.15, 0.2) is 0 Å². The fourth-order valence-corrected chi connectivity index (χ4v) is 3.53. The Morgan fingerprint density at radius 3 is 2.89 bits per heavy atom. The van der Waals surface area contributed by atoms with E-state index in [2.05, 4.69) is 16.0 Å². The van der Waals surface area contributed by atoms with Gasteiger partial charge >= 0.3 is 0 Å². The van der Waals surface area contributed by atoms with E-state index in [9.17, 15) is 0 Å². The Morgan fingerprint density at radius 2 is 2.06 bits per heavy atom. The van der Waals surface area contributed by atoms with Crippen LogP contribution in [0.1, 0.15) is 37.7 Å². The van der Waals surface area contributed by atoms with E-state index >= 15 is 0 Å². The highest BCUT2D eigenvalue weighted by atomic mass is 15.2. The van der Waals surface area contributed by atoms with Gasteiger partial charge in [0.05, 0.1) is 5.56 Å². The van der Waals surface area contributed by atoms with Crippen LogP contribution in [0.25, 0.3) is 0 Å². The number of aromatic nitrogens is 1. The number of hydrogen-bond acceptors (Lipinski definition) is 3. The van der Waals surface area contributed by atoms with E-state index in [4.69, 9.17) is 5.26 Å². The molecule has 1 saturated heterocycles. The van der Waals surface area contributed by atoms with Crippen LogP contribution >= 0.6 is 0 Å². The lowest BCUT2D eigenvalue weighted by atomic mass is 9.75. The van der Waals surface area contributed by atoms with Gasteiger partial charge in [0.25, 0.3) is 0 Å². The van der Waals surface area contributed by atoms with Gasteiger partial charge in [0, 0.05) is 19.3 Å². The highest BCUT2D eigenvalue weighted by Crippen LogP contribution is 2.37. The molecular weight excluding hydrogens is 222 g/mol. The zero-order chi connectivity index (χ0) is 12.4. The normalized spacial score (nSPS) is 27.4. The minimum Gasteiger partial charge on any atom is -0.355 e. The van der Waals surface area contributed by atoms with Gasteiger partial charge in [-0.2, -0.15) is 5.26 Å². The first-order valence-electron chi connectivity index (χ1n) is 6.98. The predicted octanol–water partition coefficient (Wildman–Crippen LogP) is 2.97. The van der Waals surface area contributed by atoms with Crippen LogP contribution in [0.3, 0.4) is 0 Å². The van der Waals surface area contributed by atoms with Crippen LogP contribution < -0.4 is 4.90 Å². The summed E-state index contributed by atoms with van der Waals surface area (Å²) in [6.07, 6.45) is 8.62. The Balaban J connectivity index is 1.79. The van der Waals surface area contributed by atoms with Crippen molar-refractivity contribution in [1.29, 1.82) is 5.26 Å². The summed E-state index contributed by atoms with van der Waals surface area (Å²) >= 11 is 0. The third-order valence-electron chi connectivity index (χ3n) is 4.50. The molecular formula is C15H19N3. The molecule has 0 spiro atoms. The van der Waals surface area contributed by atoms with Crippen molar-refractivity contribution in [2.45, 2.75) is 32.1 Å². The molecule has 0 amide bonds. The minimum absolute atomic E-state index is 0.715. The lowest BCUT2D eigenvalue weighted by Gasteiger charge is -2.42. The summed E-state index contributed by atoms with van der Waals surface area (Å²) < 4.78 is 0. The molecule has 3 nitrogen and oxygen atoms in total. The molecule has 2 heterocycles. The fourth-order valence-electron chi connectivity index (χ4n) is 3.53. The highest BCUT2D eigenvalue weighted by Gasteiger charge is 2.32. The maximum Gasteiger partial charge on any atom is 0.146 e. The molecule has 2 fully saturated rings. The maximum absolute atomic E-state index is 9.16. The fraction of sp³-hybridized carbons (Fsp3) is 0.600. The molecule has 0 N–H and O–H groups in total. The number of anilines is 1. The second-order valence-electron chi connectivity index (χ2n) is 5.53. The molecule has 18 heavy (non-hydrogen) atoms. The molecule has 2 atom stereocenters. The Labute approximate surface area is 108 Å². The van der Waals surface area contributed by atoms with Crippen LogP contribution in [0, 0.1) is 23.2 Å². The van der Waals surface area contributed by atoms with Crippen molar-refractivity contribution < 1.29 is 0 Å². The van der Waals surface area contributed by atoms with Crippen molar-refractivity contribution in [3.63, 3.8) is 0 Å². The Morgan fingerprint density at radius 1 is 1.22 bits per heavy atom. The van der Waals surface area contributed by atoms with Gasteiger partial charge in [-0.05, 0) is 36.8 Å². The molecule has 1 aromatic heterocycles. The first-order chi connectivity index (χ1) is 8.88. The SMILES string of the molecule is N#Cc1cccnc1N1CCC2CCCCC2C1. The average Bonchev–Trinajstić information content (AvgIpc) is 2.46. The maximum atomic E-state index is 9.16. The third-order valence-corrected chi connectivity index (χ3v) is 4.50. The molecule has 3 heteroatoms. The number of nitriles is 1. The van der Waals surface area contributed by atoms with Crippen LogP contribution in [-0.4, -0.2) is 18.1 Å². The molecule has 1 aromatic rings. The van der Waals surface area contributed by atoms with Crippen molar-refractivity contribution >= 4 is 5.82 Å². The number of nitrogens with zero attached hydrogens (tertiary/aromatic N) is 3. The summed E-state index contributed by atoms with van der Waals surface area (Å²) in [5.41, 5.74) is 0.715. The predicted molar refractivity (Wildman–Crippen MR) is 71.2 cm³/mol. The van der Waals surface area contributed by atoms with Crippen molar-refractivity contribution in [3.8, 4) is 6.07 Å². The summed E-state index contributed by atoms with van der Waals surface area (Å²) in [4.78, 5) is 6.74.